The van der Waals surface area contributed by atoms with Crippen LogP contribution in [-0.4, -0.2) is 11.7 Å². The molecule has 0 saturated heterocycles. The Hall–Kier alpha value is -1.52. The fourth-order valence-corrected chi connectivity index (χ4v) is 2.61. The lowest BCUT2D eigenvalue weighted by atomic mass is 10.2. The van der Waals surface area contributed by atoms with Gasteiger partial charge < -0.3 is 5.32 Å². The monoisotopic (exact) mass is 309 g/mol. The van der Waals surface area contributed by atoms with E-state index in [9.17, 15) is 9.18 Å². The number of hydrogen-bond donors (Lipinski definition) is 1. The zero-order valence-corrected chi connectivity index (χ0v) is 12.2. The lowest BCUT2D eigenvalue weighted by Crippen LogP contribution is -2.14. The van der Waals surface area contributed by atoms with Crippen LogP contribution >= 0.6 is 23.4 Å². The molecule has 2 nitrogen and oxygen atoms in total. The maximum atomic E-state index is 13.4. The van der Waals surface area contributed by atoms with Gasteiger partial charge in [-0.3, -0.25) is 4.79 Å². The van der Waals surface area contributed by atoms with Crippen molar-refractivity contribution in [2.75, 3.05) is 11.1 Å². The molecular formula is C15H13ClFNOS. The van der Waals surface area contributed by atoms with Crippen LogP contribution in [-0.2, 0) is 10.5 Å². The van der Waals surface area contributed by atoms with E-state index in [-0.39, 0.29) is 17.5 Å². The van der Waals surface area contributed by atoms with Crippen molar-refractivity contribution in [2.45, 2.75) is 5.75 Å². The summed E-state index contributed by atoms with van der Waals surface area (Å²) in [7, 11) is 0. The van der Waals surface area contributed by atoms with E-state index in [1.54, 1.807) is 42.5 Å². The molecule has 2 rings (SSSR count). The second-order valence-electron chi connectivity index (χ2n) is 4.11. The summed E-state index contributed by atoms with van der Waals surface area (Å²) in [5.74, 6) is 0.313. The Kier molecular flexibility index (Phi) is 5.44. The summed E-state index contributed by atoms with van der Waals surface area (Å²) in [5, 5.41) is 3.23. The summed E-state index contributed by atoms with van der Waals surface area (Å²) in [4.78, 5) is 11.8. The summed E-state index contributed by atoms with van der Waals surface area (Å²) in [6.07, 6.45) is 0. The summed E-state index contributed by atoms with van der Waals surface area (Å²) < 4.78 is 13.4. The normalized spacial score (nSPS) is 10.3. The van der Waals surface area contributed by atoms with Gasteiger partial charge >= 0.3 is 0 Å². The molecule has 1 amide bonds. The van der Waals surface area contributed by atoms with E-state index in [1.165, 1.54) is 17.8 Å². The average Bonchev–Trinajstić information content (AvgIpc) is 2.43. The first kappa shape index (κ1) is 14.9. The molecule has 5 heteroatoms. The SMILES string of the molecule is O=C(CSCc1ccccc1F)Nc1ccccc1Cl. The Balaban J connectivity index is 1.82. The van der Waals surface area contributed by atoms with Crippen molar-refractivity contribution >= 4 is 35.0 Å². The Morgan fingerprint density at radius 1 is 1.15 bits per heavy atom. The first-order valence-corrected chi connectivity index (χ1v) is 7.55. The second kappa shape index (κ2) is 7.31. The molecule has 0 aliphatic carbocycles. The number of carbonyl (C=O) groups excluding carboxylic acids is 1. The molecular weight excluding hydrogens is 297 g/mol. The van der Waals surface area contributed by atoms with E-state index < -0.39 is 0 Å². The highest BCUT2D eigenvalue weighted by molar-refractivity contribution is 7.99. The van der Waals surface area contributed by atoms with Crippen LogP contribution in [0.25, 0.3) is 0 Å². The summed E-state index contributed by atoms with van der Waals surface area (Å²) in [5.41, 5.74) is 1.19. The van der Waals surface area contributed by atoms with Gasteiger partial charge in [-0.05, 0) is 23.8 Å². The van der Waals surface area contributed by atoms with Crippen molar-refractivity contribution < 1.29 is 9.18 Å². The fourth-order valence-electron chi connectivity index (χ4n) is 1.62. The van der Waals surface area contributed by atoms with E-state index in [1.807, 2.05) is 0 Å². The smallest absolute Gasteiger partial charge is 0.234 e. The van der Waals surface area contributed by atoms with Crippen LogP contribution in [0.4, 0.5) is 10.1 Å². The maximum Gasteiger partial charge on any atom is 0.234 e. The predicted molar refractivity (Wildman–Crippen MR) is 82.6 cm³/mol. The van der Waals surface area contributed by atoms with Gasteiger partial charge in [0.25, 0.3) is 0 Å². The average molecular weight is 310 g/mol. The molecule has 0 bridgehead atoms. The van der Waals surface area contributed by atoms with E-state index in [2.05, 4.69) is 5.32 Å². The molecule has 0 spiro atoms. The number of hydrogen-bond acceptors (Lipinski definition) is 2. The van der Waals surface area contributed by atoms with E-state index in [4.69, 9.17) is 11.6 Å². The lowest BCUT2D eigenvalue weighted by Gasteiger charge is -2.07. The summed E-state index contributed by atoms with van der Waals surface area (Å²) in [6.45, 7) is 0. The fraction of sp³-hybridized carbons (Fsp3) is 0.133. The first-order valence-electron chi connectivity index (χ1n) is 6.02. The highest BCUT2D eigenvalue weighted by Gasteiger charge is 2.06. The van der Waals surface area contributed by atoms with Gasteiger partial charge in [0.1, 0.15) is 5.82 Å². The number of carbonyl (C=O) groups is 1. The summed E-state index contributed by atoms with van der Waals surface area (Å²) in [6, 6.07) is 13.6. The quantitative estimate of drug-likeness (QED) is 0.889. The van der Waals surface area contributed by atoms with Gasteiger partial charge in [-0.1, -0.05) is 41.9 Å². The maximum absolute atomic E-state index is 13.4. The Morgan fingerprint density at radius 3 is 2.60 bits per heavy atom. The number of anilines is 1. The minimum atomic E-state index is -0.244. The van der Waals surface area contributed by atoms with Crippen LogP contribution in [0.2, 0.25) is 5.02 Å². The van der Waals surface area contributed by atoms with Crippen molar-refractivity contribution in [1.29, 1.82) is 0 Å². The van der Waals surface area contributed by atoms with Crippen molar-refractivity contribution in [3.8, 4) is 0 Å². The van der Waals surface area contributed by atoms with E-state index >= 15 is 0 Å². The lowest BCUT2D eigenvalue weighted by molar-refractivity contribution is -0.113. The number of rotatable bonds is 5. The predicted octanol–water partition coefficient (Wildman–Crippen LogP) is 4.35. The zero-order chi connectivity index (χ0) is 14.4. The van der Waals surface area contributed by atoms with Gasteiger partial charge in [-0.15, -0.1) is 11.8 Å². The molecule has 0 fully saturated rings. The molecule has 0 aliphatic heterocycles. The molecule has 0 aliphatic rings. The zero-order valence-electron chi connectivity index (χ0n) is 10.6. The third-order valence-corrected chi connectivity index (χ3v) is 3.91. The Morgan fingerprint density at radius 2 is 1.85 bits per heavy atom. The van der Waals surface area contributed by atoms with Crippen LogP contribution in [0.3, 0.4) is 0 Å². The molecule has 20 heavy (non-hydrogen) atoms. The number of para-hydroxylation sites is 1. The first-order chi connectivity index (χ1) is 9.66. The van der Waals surface area contributed by atoms with Gasteiger partial charge in [-0.25, -0.2) is 4.39 Å². The molecule has 0 heterocycles. The molecule has 104 valence electrons. The third-order valence-electron chi connectivity index (χ3n) is 2.60. The van der Waals surface area contributed by atoms with Gasteiger partial charge in [0, 0.05) is 5.75 Å². The van der Waals surface area contributed by atoms with Gasteiger partial charge in [0.05, 0.1) is 16.5 Å². The van der Waals surface area contributed by atoms with Crippen molar-refractivity contribution in [3.63, 3.8) is 0 Å². The van der Waals surface area contributed by atoms with E-state index in [0.717, 1.165) is 0 Å². The van der Waals surface area contributed by atoms with Crippen molar-refractivity contribution in [2.24, 2.45) is 0 Å². The molecule has 0 saturated carbocycles. The number of thioether (sulfide) groups is 1. The molecule has 0 radical (unpaired) electrons. The molecule has 1 N–H and O–H groups in total. The molecule has 2 aromatic rings. The summed E-state index contributed by atoms with van der Waals surface area (Å²) >= 11 is 7.31. The third kappa shape index (κ3) is 4.25. The highest BCUT2D eigenvalue weighted by Crippen LogP contribution is 2.21. The van der Waals surface area contributed by atoms with Crippen molar-refractivity contribution in [1.82, 2.24) is 0 Å². The molecule has 0 aromatic heterocycles. The van der Waals surface area contributed by atoms with Gasteiger partial charge in [0.2, 0.25) is 5.91 Å². The molecule has 0 atom stereocenters. The number of nitrogens with one attached hydrogen (secondary N) is 1. The van der Waals surface area contributed by atoms with E-state index in [0.29, 0.717) is 22.0 Å². The largest absolute Gasteiger partial charge is 0.324 e. The number of halogens is 2. The number of benzene rings is 2. The second-order valence-corrected chi connectivity index (χ2v) is 5.51. The number of amides is 1. The van der Waals surface area contributed by atoms with Gasteiger partial charge in [0.15, 0.2) is 0 Å². The van der Waals surface area contributed by atoms with Gasteiger partial charge in [-0.2, -0.15) is 0 Å². The Labute approximate surface area is 126 Å². The standard InChI is InChI=1S/C15H13ClFNOS/c16-12-6-2-4-8-14(12)18-15(19)10-20-9-11-5-1-3-7-13(11)17/h1-8H,9-10H2,(H,18,19). The van der Waals surface area contributed by atoms with Crippen LogP contribution < -0.4 is 5.32 Å². The molecule has 2 aromatic carbocycles. The highest BCUT2D eigenvalue weighted by atomic mass is 35.5. The molecule has 0 unspecified atom stereocenters. The minimum Gasteiger partial charge on any atom is -0.324 e. The minimum absolute atomic E-state index is 0.153. The Bertz CT molecular complexity index is 606. The van der Waals surface area contributed by atoms with Crippen LogP contribution in [0.5, 0.6) is 0 Å². The van der Waals surface area contributed by atoms with Crippen LogP contribution in [0.1, 0.15) is 5.56 Å². The van der Waals surface area contributed by atoms with Crippen molar-refractivity contribution in [3.05, 3.63) is 64.9 Å². The topological polar surface area (TPSA) is 29.1 Å². The van der Waals surface area contributed by atoms with Crippen LogP contribution in [0.15, 0.2) is 48.5 Å². The van der Waals surface area contributed by atoms with Crippen LogP contribution in [0, 0.1) is 5.82 Å².